The van der Waals surface area contributed by atoms with E-state index in [0.29, 0.717) is 0 Å². The maximum absolute atomic E-state index is 5.35. The van der Waals surface area contributed by atoms with Crippen LogP contribution in [0.15, 0.2) is 116 Å². The SMILES string of the molecule is CN1C=CC(c2c3nc(cc4ccc(cc5nc(cc6c(-c7ccccc7)c(C7=CCN(C)C=C7)c2n6C2=CCN(C)C=C2)C=C5)[nH]4)C=C3)=CC1. The summed E-state index contributed by atoms with van der Waals surface area (Å²) in [7, 11) is 6.35. The molecule has 1 N–H and O–H groups in total. The maximum Gasteiger partial charge on any atom is 0.0737 e. The van der Waals surface area contributed by atoms with Crippen molar-refractivity contribution in [3.8, 4) is 11.1 Å². The van der Waals surface area contributed by atoms with Crippen LogP contribution >= 0.6 is 0 Å². The van der Waals surface area contributed by atoms with Crippen molar-refractivity contribution in [3.63, 3.8) is 0 Å². The highest BCUT2D eigenvalue weighted by atomic mass is 15.1. The lowest BCUT2D eigenvalue weighted by molar-refractivity contribution is 0.505. The number of nitrogens with one attached hydrogen (secondary N) is 1. The average Bonchev–Trinajstić information content (AvgIpc) is 3.95. The first-order chi connectivity index (χ1) is 25.0. The van der Waals surface area contributed by atoms with Gasteiger partial charge in [-0.3, -0.25) is 0 Å². The van der Waals surface area contributed by atoms with Crippen molar-refractivity contribution in [1.82, 2.24) is 34.2 Å². The number of allylic oxidation sites excluding steroid dienone is 6. The number of H-pyrrole nitrogens is 1. The number of fused-ring (bicyclic) bond motifs is 8. The summed E-state index contributed by atoms with van der Waals surface area (Å²) < 4.78 is 2.47. The summed E-state index contributed by atoms with van der Waals surface area (Å²) in [5.41, 5.74) is 15.9. The minimum Gasteiger partial charge on any atom is -0.377 e. The zero-order valence-corrected chi connectivity index (χ0v) is 29.1. The summed E-state index contributed by atoms with van der Waals surface area (Å²) in [6.45, 7) is 2.42. The van der Waals surface area contributed by atoms with Crippen molar-refractivity contribution >= 4 is 63.2 Å². The van der Waals surface area contributed by atoms with E-state index in [1.54, 1.807) is 0 Å². The average molecular weight is 666 g/mol. The molecule has 5 aliphatic rings. The van der Waals surface area contributed by atoms with Crippen molar-refractivity contribution in [2.45, 2.75) is 0 Å². The van der Waals surface area contributed by atoms with Gasteiger partial charge in [-0.15, -0.1) is 0 Å². The summed E-state index contributed by atoms with van der Waals surface area (Å²) in [5.74, 6) is 0. The molecule has 0 atom stereocenters. The minimum atomic E-state index is 0.799. The molecule has 4 aromatic rings. The second-order valence-electron chi connectivity index (χ2n) is 13.6. The molecule has 7 heteroatoms. The fraction of sp³-hybridized carbons (Fsp3) is 0.136. The Labute approximate surface area is 298 Å². The van der Waals surface area contributed by atoms with Gasteiger partial charge < -0.3 is 24.3 Å². The molecule has 0 unspecified atom stereocenters. The van der Waals surface area contributed by atoms with E-state index in [-0.39, 0.29) is 0 Å². The van der Waals surface area contributed by atoms with Crippen LogP contribution in [0.2, 0.25) is 0 Å². The Morgan fingerprint density at radius 1 is 0.549 bits per heavy atom. The summed E-state index contributed by atoms with van der Waals surface area (Å²) in [4.78, 5) is 20.6. The summed E-state index contributed by atoms with van der Waals surface area (Å²) in [6, 6.07) is 21.5. The molecule has 0 saturated carbocycles. The summed E-state index contributed by atoms with van der Waals surface area (Å²) >= 11 is 0. The molecule has 5 aliphatic heterocycles. The van der Waals surface area contributed by atoms with Crippen molar-refractivity contribution in [2.24, 2.45) is 0 Å². The lowest BCUT2D eigenvalue weighted by atomic mass is 9.91. The Hall–Kier alpha value is -6.34. The minimum absolute atomic E-state index is 0.799. The van der Waals surface area contributed by atoms with Crippen molar-refractivity contribution in [2.75, 3.05) is 40.8 Å². The number of nitrogens with zero attached hydrogens (tertiary/aromatic N) is 6. The van der Waals surface area contributed by atoms with Gasteiger partial charge in [0.05, 0.1) is 33.8 Å². The van der Waals surface area contributed by atoms with Gasteiger partial charge in [0.2, 0.25) is 0 Å². The molecular weight excluding hydrogens is 627 g/mol. The van der Waals surface area contributed by atoms with Gasteiger partial charge in [-0.1, -0.05) is 42.5 Å². The zero-order valence-electron chi connectivity index (χ0n) is 29.1. The van der Waals surface area contributed by atoms with Gasteiger partial charge in [0.25, 0.3) is 0 Å². The van der Waals surface area contributed by atoms with E-state index in [4.69, 9.17) is 9.97 Å². The van der Waals surface area contributed by atoms with Gasteiger partial charge in [-0.2, -0.15) is 0 Å². The molecule has 250 valence electrons. The Kier molecular flexibility index (Phi) is 7.54. The van der Waals surface area contributed by atoms with Crippen molar-refractivity contribution in [3.05, 3.63) is 150 Å². The van der Waals surface area contributed by atoms with Crippen LogP contribution in [0.3, 0.4) is 0 Å². The molecule has 0 amide bonds. The van der Waals surface area contributed by atoms with Gasteiger partial charge in [-0.05, 0) is 108 Å². The highest BCUT2D eigenvalue weighted by Gasteiger charge is 2.27. The van der Waals surface area contributed by atoms with E-state index in [1.807, 2.05) is 0 Å². The summed E-state index contributed by atoms with van der Waals surface area (Å²) in [6.07, 6.45) is 28.8. The van der Waals surface area contributed by atoms with Crippen LogP contribution in [0.4, 0.5) is 0 Å². The van der Waals surface area contributed by atoms with Gasteiger partial charge in [0, 0.05) is 80.4 Å². The Morgan fingerprint density at radius 2 is 1.14 bits per heavy atom. The van der Waals surface area contributed by atoms with Crippen molar-refractivity contribution in [1.29, 1.82) is 0 Å². The van der Waals surface area contributed by atoms with E-state index in [2.05, 4.69) is 185 Å². The van der Waals surface area contributed by atoms with Crippen LogP contribution in [0.25, 0.3) is 74.3 Å². The molecule has 0 spiro atoms. The normalized spacial score (nSPS) is 16.5. The molecule has 3 aromatic heterocycles. The third-order valence-electron chi connectivity index (χ3n) is 9.87. The Balaban J connectivity index is 1.56. The van der Waals surface area contributed by atoms with Crippen LogP contribution < -0.4 is 0 Å². The first-order valence-electron chi connectivity index (χ1n) is 17.5. The molecule has 51 heavy (non-hydrogen) atoms. The van der Waals surface area contributed by atoms with E-state index in [9.17, 15) is 0 Å². The van der Waals surface area contributed by atoms with Gasteiger partial charge in [0.15, 0.2) is 0 Å². The lowest BCUT2D eigenvalue weighted by Gasteiger charge is -2.22. The Bertz CT molecular complexity index is 2490. The topological polar surface area (TPSA) is 56.2 Å². The molecule has 0 aliphatic carbocycles. The van der Waals surface area contributed by atoms with Gasteiger partial charge in [0.1, 0.15) is 0 Å². The van der Waals surface area contributed by atoms with Crippen LogP contribution in [0.5, 0.6) is 0 Å². The van der Waals surface area contributed by atoms with Crippen LogP contribution in [-0.2, 0) is 0 Å². The van der Waals surface area contributed by atoms with Crippen molar-refractivity contribution < 1.29 is 0 Å². The number of aromatic amines is 1. The second kappa shape index (κ2) is 12.5. The quantitative estimate of drug-likeness (QED) is 0.204. The molecule has 8 bridgehead atoms. The molecule has 8 heterocycles. The van der Waals surface area contributed by atoms with Gasteiger partial charge in [-0.25, -0.2) is 9.97 Å². The van der Waals surface area contributed by atoms with Crippen LogP contribution in [0.1, 0.15) is 33.9 Å². The predicted molar refractivity (Wildman–Crippen MR) is 213 cm³/mol. The van der Waals surface area contributed by atoms with Crippen LogP contribution in [-0.4, -0.2) is 75.0 Å². The fourth-order valence-corrected chi connectivity index (χ4v) is 7.29. The predicted octanol–water partition coefficient (Wildman–Crippen LogP) is 8.78. The molecule has 1 aromatic carbocycles. The second-order valence-corrected chi connectivity index (χ2v) is 13.6. The largest absolute Gasteiger partial charge is 0.377 e. The standard InChI is InChI=1S/C44H39N7/c1-48-21-15-31(16-22-48)41-39-14-13-36(47-39)28-35-10-9-33(45-35)27-34-11-12-37(46-34)29-40-42(30-7-5-4-6-8-30)43(32-17-23-49(2)24-18-32)44(41)51(40)38-19-25-50(3)26-20-38/h4-21,23,25,27-29,45H,22,24,26H2,1-3H3. The molecule has 0 fully saturated rings. The highest BCUT2D eigenvalue weighted by molar-refractivity contribution is 6.09. The maximum atomic E-state index is 5.35. The van der Waals surface area contributed by atoms with E-state index < -0.39 is 0 Å². The van der Waals surface area contributed by atoms with Gasteiger partial charge >= 0.3 is 0 Å². The molecule has 0 radical (unpaired) electrons. The van der Waals surface area contributed by atoms with E-state index in [0.717, 1.165) is 86.9 Å². The first kappa shape index (κ1) is 30.7. The molecule has 9 rings (SSSR count). The third-order valence-corrected chi connectivity index (χ3v) is 9.87. The number of benzene rings is 1. The molecule has 7 nitrogen and oxygen atoms in total. The number of rotatable bonds is 4. The third kappa shape index (κ3) is 5.76. The monoisotopic (exact) mass is 665 g/mol. The van der Waals surface area contributed by atoms with E-state index >= 15 is 0 Å². The Morgan fingerprint density at radius 3 is 1.76 bits per heavy atom. The van der Waals surface area contributed by atoms with Crippen LogP contribution in [0, 0.1) is 0 Å². The number of aromatic nitrogens is 4. The smallest absolute Gasteiger partial charge is 0.0737 e. The number of hydrogen-bond donors (Lipinski definition) is 1. The lowest BCUT2D eigenvalue weighted by Crippen LogP contribution is -2.16. The number of likely N-dealkylation sites (N-methyl/N-ethyl adjacent to an activating group) is 3. The highest BCUT2D eigenvalue weighted by Crippen LogP contribution is 2.45. The summed E-state index contributed by atoms with van der Waals surface area (Å²) in [5, 5.41) is 0. The van der Waals surface area contributed by atoms with E-state index in [1.165, 1.54) is 16.7 Å². The first-order valence-corrected chi connectivity index (χ1v) is 17.5. The fourth-order valence-electron chi connectivity index (χ4n) is 7.29. The number of hydrogen-bond acceptors (Lipinski definition) is 5. The molecule has 0 saturated heterocycles. The molecular formula is C44H39N7. The zero-order chi connectivity index (χ0) is 34.5.